The third-order valence-electron chi connectivity index (χ3n) is 2.68. The van der Waals surface area contributed by atoms with Crippen molar-refractivity contribution in [2.24, 2.45) is 5.73 Å². The number of benzene rings is 1. The fourth-order valence-corrected chi connectivity index (χ4v) is 1.81. The molecule has 0 unspecified atom stereocenters. The van der Waals surface area contributed by atoms with Gasteiger partial charge in [-0.05, 0) is 18.2 Å². The van der Waals surface area contributed by atoms with Crippen molar-refractivity contribution in [3.8, 4) is 11.3 Å². The number of nitrogens with two attached hydrogens (primary N) is 1. The predicted octanol–water partition coefficient (Wildman–Crippen LogP) is 0.737. The van der Waals surface area contributed by atoms with Gasteiger partial charge in [0.05, 0.1) is 24.3 Å². The Labute approximate surface area is 114 Å². The summed E-state index contributed by atoms with van der Waals surface area (Å²) in [5.74, 6) is -0.497. The van der Waals surface area contributed by atoms with Crippen LogP contribution in [0, 0.1) is 0 Å². The first-order valence-electron chi connectivity index (χ1n) is 5.87. The van der Waals surface area contributed by atoms with Crippen molar-refractivity contribution < 1.29 is 9.73 Å². The van der Waals surface area contributed by atoms with Crippen molar-refractivity contribution in [3.05, 3.63) is 60.6 Å². The molecule has 0 atom stereocenters. The predicted molar refractivity (Wildman–Crippen MR) is 70.4 cm³/mol. The van der Waals surface area contributed by atoms with Crippen LogP contribution < -0.4 is 10.7 Å². The molecule has 0 saturated carbocycles. The molecule has 0 radical (unpaired) electrons. The van der Waals surface area contributed by atoms with Crippen LogP contribution in [0.25, 0.3) is 11.3 Å². The summed E-state index contributed by atoms with van der Waals surface area (Å²) in [6.45, 7) is 0. The lowest BCUT2D eigenvalue weighted by Crippen LogP contribution is -2.19. The Morgan fingerprint density at radius 2 is 1.95 bits per heavy atom. The Morgan fingerprint density at radius 3 is 2.70 bits per heavy atom. The molecule has 1 aromatic carbocycles. The number of amides is 1. The number of primary amides is 1. The van der Waals surface area contributed by atoms with E-state index in [9.17, 15) is 4.79 Å². The molecular formula is C13H11N5O2. The van der Waals surface area contributed by atoms with E-state index in [1.165, 1.54) is 9.69 Å². The smallest absolute Gasteiger partial charge is 0.249 e. The lowest BCUT2D eigenvalue weighted by Gasteiger charge is -2.04. The summed E-state index contributed by atoms with van der Waals surface area (Å²) in [6.07, 6.45) is 4.85. The molecule has 3 aromatic rings. The molecule has 0 fully saturated rings. The summed E-state index contributed by atoms with van der Waals surface area (Å²) in [6, 6.07) is 10.5. The van der Waals surface area contributed by atoms with E-state index in [-0.39, 0.29) is 0 Å². The first-order valence-corrected chi connectivity index (χ1v) is 5.87. The van der Waals surface area contributed by atoms with E-state index >= 15 is 0 Å². The van der Waals surface area contributed by atoms with Gasteiger partial charge in [0.25, 0.3) is 0 Å². The van der Waals surface area contributed by atoms with Crippen LogP contribution >= 0.6 is 0 Å². The normalized spacial score (nSPS) is 10.4. The Kier molecular flexibility index (Phi) is 2.92. The summed E-state index contributed by atoms with van der Waals surface area (Å²) in [5, 5.41) is 8.12. The zero-order chi connectivity index (χ0) is 13.9. The summed E-state index contributed by atoms with van der Waals surface area (Å²) >= 11 is 0. The minimum Gasteiger partial charge on any atom is -0.366 e. The van der Waals surface area contributed by atoms with E-state index in [0.717, 1.165) is 0 Å². The molecular weight excluding hydrogens is 258 g/mol. The van der Waals surface area contributed by atoms with Gasteiger partial charge in [0.2, 0.25) is 5.91 Å². The molecule has 3 rings (SSSR count). The Hall–Kier alpha value is -3.09. The van der Waals surface area contributed by atoms with Crippen molar-refractivity contribution >= 4 is 5.91 Å². The maximum atomic E-state index is 11.4. The highest BCUT2D eigenvalue weighted by atomic mass is 16.8. The van der Waals surface area contributed by atoms with Crippen LogP contribution in [0.3, 0.4) is 0 Å². The fourth-order valence-electron chi connectivity index (χ4n) is 1.81. The number of hydrogen-bond donors (Lipinski definition) is 1. The maximum absolute atomic E-state index is 11.4. The SMILES string of the molecule is NC(=O)c1ccccc1-c1ccn(On2cccn2)n1. The number of nitrogens with zero attached hydrogens (tertiary/aromatic N) is 4. The average Bonchev–Trinajstić information content (AvgIpc) is 3.11. The molecule has 0 saturated heterocycles. The fraction of sp³-hybridized carbons (Fsp3) is 0. The Bertz CT molecular complexity index is 733. The molecule has 20 heavy (non-hydrogen) atoms. The molecule has 0 aliphatic carbocycles. The van der Waals surface area contributed by atoms with E-state index in [1.807, 2.05) is 6.07 Å². The van der Waals surface area contributed by atoms with Gasteiger partial charge in [0.1, 0.15) is 0 Å². The molecule has 2 N–H and O–H groups in total. The third kappa shape index (κ3) is 2.24. The second kappa shape index (κ2) is 4.88. The van der Waals surface area contributed by atoms with Crippen LogP contribution in [0.15, 0.2) is 55.0 Å². The van der Waals surface area contributed by atoms with Crippen LogP contribution in [-0.2, 0) is 0 Å². The molecule has 2 aromatic heterocycles. The van der Waals surface area contributed by atoms with E-state index < -0.39 is 5.91 Å². The molecule has 7 heteroatoms. The summed E-state index contributed by atoms with van der Waals surface area (Å²) in [4.78, 5) is 19.2. The zero-order valence-electron chi connectivity index (χ0n) is 10.4. The first-order chi connectivity index (χ1) is 9.74. The number of carbonyl (C=O) groups excluding carboxylic acids is 1. The highest BCUT2D eigenvalue weighted by Gasteiger charge is 2.12. The molecule has 0 spiro atoms. The molecule has 2 heterocycles. The molecule has 0 bridgehead atoms. The lowest BCUT2D eigenvalue weighted by atomic mass is 10.0. The molecule has 0 aliphatic rings. The maximum Gasteiger partial charge on any atom is 0.249 e. The van der Waals surface area contributed by atoms with Crippen LogP contribution in [0.4, 0.5) is 0 Å². The first kappa shape index (κ1) is 12.0. The minimum atomic E-state index is -0.497. The largest absolute Gasteiger partial charge is 0.366 e. The van der Waals surface area contributed by atoms with E-state index in [2.05, 4.69) is 10.2 Å². The highest BCUT2D eigenvalue weighted by molar-refractivity contribution is 5.99. The second-order valence-electron chi connectivity index (χ2n) is 4.00. The van der Waals surface area contributed by atoms with Crippen molar-refractivity contribution in [2.45, 2.75) is 0 Å². The highest BCUT2D eigenvalue weighted by Crippen LogP contribution is 2.21. The van der Waals surface area contributed by atoms with Crippen LogP contribution in [-0.4, -0.2) is 25.8 Å². The van der Waals surface area contributed by atoms with Gasteiger partial charge in [0.15, 0.2) is 0 Å². The van der Waals surface area contributed by atoms with Crippen LogP contribution in [0.1, 0.15) is 10.4 Å². The molecule has 1 amide bonds. The minimum absolute atomic E-state index is 0.414. The number of hydrogen-bond acceptors (Lipinski definition) is 4. The topological polar surface area (TPSA) is 88.0 Å². The lowest BCUT2D eigenvalue weighted by molar-refractivity contribution is -0.00877. The van der Waals surface area contributed by atoms with Gasteiger partial charge in [-0.3, -0.25) is 4.79 Å². The van der Waals surface area contributed by atoms with E-state index in [4.69, 9.17) is 10.7 Å². The molecule has 100 valence electrons. The number of rotatable bonds is 4. The van der Waals surface area contributed by atoms with Gasteiger partial charge in [-0.2, -0.15) is 0 Å². The van der Waals surface area contributed by atoms with Gasteiger partial charge in [-0.15, -0.1) is 10.2 Å². The second-order valence-corrected chi connectivity index (χ2v) is 4.00. The molecule has 0 aliphatic heterocycles. The quantitative estimate of drug-likeness (QED) is 0.756. The summed E-state index contributed by atoms with van der Waals surface area (Å²) < 4.78 is 0. The zero-order valence-corrected chi connectivity index (χ0v) is 10.4. The number of aromatic nitrogens is 4. The van der Waals surface area contributed by atoms with E-state index in [1.54, 1.807) is 48.9 Å². The number of carbonyl (C=O) groups is 1. The van der Waals surface area contributed by atoms with Gasteiger partial charge in [0, 0.05) is 11.1 Å². The standard InChI is InChI=1S/C13H11N5O2/c14-13(19)11-5-2-1-4-10(11)12-6-9-18(16-12)20-17-8-3-7-15-17/h1-9H,(H2,14,19). The monoisotopic (exact) mass is 269 g/mol. The molecule has 7 nitrogen and oxygen atoms in total. The van der Waals surface area contributed by atoms with Gasteiger partial charge >= 0.3 is 0 Å². The van der Waals surface area contributed by atoms with Gasteiger partial charge < -0.3 is 5.73 Å². The van der Waals surface area contributed by atoms with Crippen molar-refractivity contribution in [3.63, 3.8) is 0 Å². The third-order valence-corrected chi connectivity index (χ3v) is 2.68. The van der Waals surface area contributed by atoms with Gasteiger partial charge in [-0.1, -0.05) is 27.9 Å². The average molecular weight is 269 g/mol. The summed E-state index contributed by atoms with van der Waals surface area (Å²) in [5.41, 5.74) is 7.01. The van der Waals surface area contributed by atoms with E-state index in [0.29, 0.717) is 16.8 Å². The Morgan fingerprint density at radius 1 is 1.10 bits per heavy atom. The van der Waals surface area contributed by atoms with Crippen LogP contribution in [0.5, 0.6) is 0 Å². The summed E-state index contributed by atoms with van der Waals surface area (Å²) in [7, 11) is 0. The van der Waals surface area contributed by atoms with Crippen molar-refractivity contribution in [1.82, 2.24) is 19.9 Å². The van der Waals surface area contributed by atoms with Crippen LogP contribution in [0.2, 0.25) is 0 Å². The van der Waals surface area contributed by atoms with Crippen molar-refractivity contribution in [1.29, 1.82) is 0 Å². The Balaban J connectivity index is 1.92. The van der Waals surface area contributed by atoms with Crippen molar-refractivity contribution in [2.75, 3.05) is 0 Å². The van der Waals surface area contributed by atoms with Gasteiger partial charge in [-0.25, -0.2) is 4.94 Å².